The van der Waals surface area contributed by atoms with Crippen molar-refractivity contribution in [2.75, 3.05) is 20.2 Å². The fourth-order valence-electron chi connectivity index (χ4n) is 1.33. The van der Waals surface area contributed by atoms with Crippen LogP contribution in [0.25, 0.3) is 0 Å². The summed E-state index contributed by atoms with van der Waals surface area (Å²) in [6, 6.07) is 0. The molecule has 0 saturated carbocycles. The molecule has 0 radical (unpaired) electrons. The number of ether oxygens (including phenoxy) is 1. The normalized spacial score (nSPS) is 11.9. The number of aliphatic imine (C=N–C) groups is 1. The summed E-state index contributed by atoms with van der Waals surface area (Å²) < 4.78 is 5.38. The molecular weight excluding hydrogens is 387 g/mol. The van der Waals surface area contributed by atoms with Crippen LogP contribution in [0.15, 0.2) is 11.2 Å². The first kappa shape index (κ1) is 19.6. The summed E-state index contributed by atoms with van der Waals surface area (Å²) in [5.41, 5.74) is -0.214. The van der Waals surface area contributed by atoms with Crippen molar-refractivity contribution in [2.24, 2.45) is 4.99 Å². The largest absolute Gasteiger partial charge is 0.377 e. The molecule has 116 valence electrons. The zero-order valence-corrected chi connectivity index (χ0v) is 16.0. The Kier molecular flexibility index (Phi) is 9.32. The van der Waals surface area contributed by atoms with Crippen LogP contribution in [-0.2, 0) is 11.3 Å². The molecule has 0 bridgehead atoms. The number of rotatable bonds is 6. The van der Waals surface area contributed by atoms with E-state index in [0.717, 1.165) is 17.5 Å². The van der Waals surface area contributed by atoms with Gasteiger partial charge in [-0.2, -0.15) is 0 Å². The van der Waals surface area contributed by atoms with Crippen LogP contribution in [0, 0.1) is 6.92 Å². The first-order chi connectivity index (χ1) is 8.96. The van der Waals surface area contributed by atoms with Crippen LogP contribution in [0.5, 0.6) is 0 Å². The maximum Gasteiger partial charge on any atom is 0.191 e. The van der Waals surface area contributed by atoms with E-state index in [4.69, 9.17) is 4.74 Å². The predicted molar refractivity (Wildman–Crippen MR) is 96.2 cm³/mol. The van der Waals surface area contributed by atoms with Crippen LogP contribution >= 0.6 is 35.3 Å². The molecule has 0 aromatic carbocycles. The Morgan fingerprint density at radius 1 is 1.45 bits per heavy atom. The number of aryl methyl sites for hydroxylation is 1. The lowest BCUT2D eigenvalue weighted by Gasteiger charge is -2.24. The van der Waals surface area contributed by atoms with Gasteiger partial charge in [0.25, 0.3) is 0 Å². The number of guanidine groups is 1. The van der Waals surface area contributed by atoms with Crippen LogP contribution in [0.3, 0.4) is 0 Å². The zero-order valence-electron chi connectivity index (χ0n) is 12.8. The Hall–Kier alpha value is -0.410. The van der Waals surface area contributed by atoms with Crippen molar-refractivity contribution in [1.82, 2.24) is 15.6 Å². The molecule has 1 heterocycles. The molecule has 0 aliphatic carbocycles. The van der Waals surface area contributed by atoms with Gasteiger partial charge in [0.15, 0.2) is 5.96 Å². The molecular formula is C13H25IN4OS. The number of nitrogens with zero attached hydrogens (tertiary/aromatic N) is 2. The van der Waals surface area contributed by atoms with Crippen molar-refractivity contribution in [3.05, 3.63) is 16.1 Å². The Bertz CT molecular complexity index is 420. The average molecular weight is 412 g/mol. The molecule has 1 aromatic heterocycles. The van der Waals surface area contributed by atoms with Gasteiger partial charge >= 0.3 is 0 Å². The Morgan fingerprint density at radius 3 is 2.65 bits per heavy atom. The van der Waals surface area contributed by atoms with Gasteiger partial charge < -0.3 is 15.4 Å². The molecule has 5 nitrogen and oxygen atoms in total. The van der Waals surface area contributed by atoms with Gasteiger partial charge in [0, 0.05) is 31.3 Å². The number of methoxy groups -OCH3 is 1. The van der Waals surface area contributed by atoms with E-state index in [1.807, 2.05) is 27.0 Å². The number of nitrogens with one attached hydrogen (secondary N) is 2. The van der Waals surface area contributed by atoms with Crippen molar-refractivity contribution in [2.45, 2.75) is 39.8 Å². The Morgan fingerprint density at radius 2 is 2.15 bits per heavy atom. The Balaban J connectivity index is 0.00000361. The van der Waals surface area contributed by atoms with E-state index in [1.54, 1.807) is 18.4 Å². The van der Waals surface area contributed by atoms with Crippen LogP contribution in [0.4, 0.5) is 0 Å². The standard InChI is InChI=1S/C13H24N4OS.HI/c1-6-14-12(17-9-13(3,4)18-5)16-8-11-15-7-10(2)19-11;/h7H,6,8-9H2,1-5H3,(H2,14,16,17);1H. The lowest BCUT2D eigenvalue weighted by molar-refractivity contribution is 0.0268. The minimum atomic E-state index is -0.214. The van der Waals surface area contributed by atoms with E-state index in [0.29, 0.717) is 13.1 Å². The third-order valence-electron chi connectivity index (χ3n) is 2.62. The van der Waals surface area contributed by atoms with Gasteiger partial charge in [-0.15, -0.1) is 35.3 Å². The van der Waals surface area contributed by atoms with E-state index < -0.39 is 0 Å². The maximum atomic E-state index is 5.38. The lowest BCUT2D eigenvalue weighted by atomic mass is 10.1. The van der Waals surface area contributed by atoms with Gasteiger partial charge in [-0.1, -0.05) is 0 Å². The van der Waals surface area contributed by atoms with E-state index >= 15 is 0 Å². The third kappa shape index (κ3) is 7.39. The highest BCUT2D eigenvalue weighted by Crippen LogP contribution is 2.11. The number of halogens is 1. The topological polar surface area (TPSA) is 58.5 Å². The second-order valence-corrected chi connectivity index (χ2v) is 6.20. The molecule has 0 aliphatic heterocycles. The molecule has 0 fully saturated rings. The molecule has 0 aliphatic rings. The monoisotopic (exact) mass is 412 g/mol. The number of thiazole rings is 1. The van der Waals surface area contributed by atoms with E-state index in [2.05, 4.69) is 27.5 Å². The van der Waals surface area contributed by atoms with E-state index in [-0.39, 0.29) is 29.6 Å². The van der Waals surface area contributed by atoms with Gasteiger partial charge in [0.2, 0.25) is 0 Å². The highest BCUT2D eigenvalue weighted by Gasteiger charge is 2.16. The molecule has 20 heavy (non-hydrogen) atoms. The molecule has 0 amide bonds. The number of aromatic nitrogens is 1. The van der Waals surface area contributed by atoms with Gasteiger partial charge in [-0.05, 0) is 27.7 Å². The molecule has 0 atom stereocenters. The van der Waals surface area contributed by atoms with Crippen molar-refractivity contribution < 1.29 is 4.74 Å². The van der Waals surface area contributed by atoms with Crippen LogP contribution in [-0.4, -0.2) is 36.7 Å². The van der Waals surface area contributed by atoms with Crippen LogP contribution in [0.2, 0.25) is 0 Å². The smallest absolute Gasteiger partial charge is 0.191 e. The van der Waals surface area contributed by atoms with Crippen LogP contribution in [0.1, 0.15) is 30.7 Å². The SMILES string of the molecule is CCNC(=NCc1ncc(C)s1)NCC(C)(C)OC.I. The predicted octanol–water partition coefficient (Wildman–Crippen LogP) is 2.55. The van der Waals surface area contributed by atoms with Gasteiger partial charge in [-0.25, -0.2) is 9.98 Å². The molecule has 7 heteroatoms. The van der Waals surface area contributed by atoms with Crippen molar-refractivity contribution in [1.29, 1.82) is 0 Å². The molecule has 0 unspecified atom stereocenters. The highest BCUT2D eigenvalue weighted by molar-refractivity contribution is 14.0. The minimum Gasteiger partial charge on any atom is -0.377 e. The average Bonchev–Trinajstić information content (AvgIpc) is 2.79. The molecule has 1 rings (SSSR count). The first-order valence-corrected chi connectivity index (χ1v) is 7.27. The van der Waals surface area contributed by atoms with E-state index in [9.17, 15) is 0 Å². The quantitative estimate of drug-likeness (QED) is 0.429. The maximum absolute atomic E-state index is 5.38. The molecule has 0 spiro atoms. The molecule has 0 saturated heterocycles. The van der Waals surface area contributed by atoms with Crippen molar-refractivity contribution in [3.8, 4) is 0 Å². The first-order valence-electron chi connectivity index (χ1n) is 6.45. The summed E-state index contributed by atoms with van der Waals surface area (Å²) in [7, 11) is 1.71. The summed E-state index contributed by atoms with van der Waals surface area (Å²) in [5.74, 6) is 0.792. The fourth-order valence-corrected chi connectivity index (χ4v) is 2.04. The third-order valence-corrected chi connectivity index (χ3v) is 3.52. The van der Waals surface area contributed by atoms with Gasteiger partial charge in [-0.3, -0.25) is 0 Å². The second-order valence-electron chi connectivity index (χ2n) is 4.88. The summed E-state index contributed by atoms with van der Waals surface area (Å²) in [4.78, 5) is 10.0. The van der Waals surface area contributed by atoms with Crippen molar-refractivity contribution >= 4 is 41.3 Å². The minimum absolute atomic E-state index is 0. The summed E-state index contributed by atoms with van der Waals surface area (Å²) in [5, 5.41) is 7.52. The highest BCUT2D eigenvalue weighted by atomic mass is 127. The lowest BCUT2D eigenvalue weighted by Crippen LogP contribution is -2.45. The van der Waals surface area contributed by atoms with Crippen molar-refractivity contribution in [3.63, 3.8) is 0 Å². The van der Waals surface area contributed by atoms with Crippen LogP contribution < -0.4 is 10.6 Å². The summed E-state index contributed by atoms with van der Waals surface area (Å²) in [6.45, 7) is 10.3. The fraction of sp³-hybridized carbons (Fsp3) is 0.692. The van der Waals surface area contributed by atoms with Gasteiger partial charge in [0.1, 0.15) is 5.01 Å². The zero-order chi connectivity index (χ0) is 14.3. The Labute approximate surface area is 142 Å². The number of hydrogen-bond acceptors (Lipinski definition) is 4. The number of hydrogen-bond donors (Lipinski definition) is 2. The summed E-state index contributed by atoms with van der Waals surface area (Å²) >= 11 is 1.68. The van der Waals surface area contributed by atoms with Gasteiger partial charge in [0.05, 0.1) is 12.1 Å². The van der Waals surface area contributed by atoms with E-state index in [1.165, 1.54) is 4.88 Å². The molecule has 2 N–H and O–H groups in total. The summed E-state index contributed by atoms with van der Waals surface area (Å²) in [6.07, 6.45) is 1.88. The molecule has 1 aromatic rings. The second kappa shape index (κ2) is 9.51.